The van der Waals surface area contributed by atoms with Gasteiger partial charge >= 0.3 is 0 Å². The highest BCUT2D eigenvalue weighted by molar-refractivity contribution is 5.47. The maximum atomic E-state index is 9.13. The minimum Gasteiger partial charge on any atom is -0.395 e. The molecule has 0 atom stereocenters. The smallest absolute Gasteiger partial charge is 0.0637 e. The van der Waals surface area contributed by atoms with E-state index in [9.17, 15) is 0 Å². The molecule has 0 aliphatic carbocycles. The lowest BCUT2D eigenvalue weighted by Crippen LogP contribution is -2.35. The Labute approximate surface area is 122 Å². The third-order valence-electron chi connectivity index (χ3n) is 3.06. The molecule has 0 radical (unpaired) electrons. The maximum absolute atomic E-state index is 9.13. The number of ether oxygens (including phenoxy) is 1. The highest BCUT2D eigenvalue weighted by Gasteiger charge is 2.09. The molecule has 0 aliphatic rings. The van der Waals surface area contributed by atoms with E-state index < -0.39 is 0 Å². The maximum Gasteiger partial charge on any atom is 0.0637 e. The van der Waals surface area contributed by atoms with Crippen molar-refractivity contribution in [3.05, 3.63) is 29.8 Å². The second-order valence-electron chi connectivity index (χ2n) is 5.97. The molecule has 0 amide bonds. The van der Waals surface area contributed by atoms with E-state index in [1.165, 1.54) is 5.56 Å². The van der Waals surface area contributed by atoms with Crippen molar-refractivity contribution in [2.45, 2.75) is 32.9 Å². The van der Waals surface area contributed by atoms with Gasteiger partial charge in [-0.2, -0.15) is 0 Å². The van der Waals surface area contributed by atoms with Crippen molar-refractivity contribution in [2.75, 3.05) is 38.3 Å². The van der Waals surface area contributed by atoms with Gasteiger partial charge in [0.05, 0.1) is 13.2 Å². The van der Waals surface area contributed by atoms with Gasteiger partial charge in [-0.25, -0.2) is 0 Å². The standard InChI is InChI=1S/C16H28N2O2/c1-16(2,3)17-13-14-5-7-15(8-6-14)18(9-11-19)10-12-20-4/h5-8,17,19H,9-13H2,1-4H3. The molecule has 0 fully saturated rings. The molecule has 2 N–H and O–H groups in total. The molecule has 0 heterocycles. The van der Waals surface area contributed by atoms with Crippen LogP contribution in [0.15, 0.2) is 24.3 Å². The van der Waals surface area contributed by atoms with Crippen LogP contribution in [0.5, 0.6) is 0 Å². The van der Waals surface area contributed by atoms with Crippen LogP contribution < -0.4 is 10.2 Å². The van der Waals surface area contributed by atoms with E-state index in [0.29, 0.717) is 13.2 Å². The van der Waals surface area contributed by atoms with Crippen molar-refractivity contribution >= 4 is 5.69 Å². The molecule has 0 unspecified atom stereocenters. The van der Waals surface area contributed by atoms with Crippen LogP contribution >= 0.6 is 0 Å². The Bertz CT molecular complexity index is 371. The van der Waals surface area contributed by atoms with Gasteiger partial charge in [0.1, 0.15) is 0 Å². The topological polar surface area (TPSA) is 44.7 Å². The molecule has 1 aromatic carbocycles. The van der Waals surface area contributed by atoms with Gasteiger partial charge in [0, 0.05) is 38.0 Å². The Morgan fingerprint density at radius 1 is 1.15 bits per heavy atom. The average molecular weight is 280 g/mol. The van der Waals surface area contributed by atoms with Gasteiger partial charge in [0.2, 0.25) is 0 Å². The Morgan fingerprint density at radius 3 is 2.30 bits per heavy atom. The molecule has 4 nitrogen and oxygen atoms in total. The molecule has 0 saturated carbocycles. The number of nitrogens with one attached hydrogen (secondary N) is 1. The third-order valence-corrected chi connectivity index (χ3v) is 3.06. The van der Waals surface area contributed by atoms with Crippen LogP contribution in [-0.4, -0.2) is 44.1 Å². The first kappa shape index (κ1) is 17.0. The van der Waals surface area contributed by atoms with Crippen molar-refractivity contribution in [3.63, 3.8) is 0 Å². The second-order valence-corrected chi connectivity index (χ2v) is 5.97. The Kier molecular flexibility index (Phi) is 6.99. The molecule has 4 heteroatoms. The van der Waals surface area contributed by atoms with Crippen molar-refractivity contribution in [1.82, 2.24) is 5.32 Å². The third kappa shape index (κ3) is 6.37. The molecular weight excluding hydrogens is 252 g/mol. The summed E-state index contributed by atoms with van der Waals surface area (Å²) in [6.45, 7) is 9.57. The lowest BCUT2D eigenvalue weighted by Gasteiger charge is -2.24. The quantitative estimate of drug-likeness (QED) is 0.765. The summed E-state index contributed by atoms with van der Waals surface area (Å²) in [5, 5.41) is 12.6. The van der Waals surface area contributed by atoms with Crippen molar-refractivity contribution in [1.29, 1.82) is 0 Å². The highest BCUT2D eigenvalue weighted by Crippen LogP contribution is 2.15. The predicted molar refractivity (Wildman–Crippen MR) is 84.2 cm³/mol. The SMILES string of the molecule is COCCN(CCO)c1ccc(CNC(C)(C)C)cc1. The summed E-state index contributed by atoms with van der Waals surface area (Å²) in [5.74, 6) is 0. The van der Waals surface area contributed by atoms with Gasteiger partial charge in [-0.05, 0) is 38.5 Å². The number of hydrogen-bond acceptors (Lipinski definition) is 4. The van der Waals surface area contributed by atoms with Crippen LogP contribution in [0.25, 0.3) is 0 Å². The van der Waals surface area contributed by atoms with Crippen molar-refractivity contribution in [3.8, 4) is 0 Å². The van der Waals surface area contributed by atoms with E-state index in [1.54, 1.807) is 7.11 Å². The van der Waals surface area contributed by atoms with Gasteiger partial charge in [0.15, 0.2) is 0 Å². The average Bonchev–Trinajstić information content (AvgIpc) is 2.41. The number of methoxy groups -OCH3 is 1. The van der Waals surface area contributed by atoms with E-state index in [0.717, 1.165) is 18.8 Å². The highest BCUT2D eigenvalue weighted by atomic mass is 16.5. The van der Waals surface area contributed by atoms with Gasteiger partial charge in [-0.3, -0.25) is 0 Å². The van der Waals surface area contributed by atoms with Crippen LogP contribution in [0, 0.1) is 0 Å². The normalized spacial score (nSPS) is 11.7. The first-order valence-corrected chi connectivity index (χ1v) is 7.15. The number of aliphatic hydroxyl groups excluding tert-OH is 1. The number of benzene rings is 1. The molecule has 20 heavy (non-hydrogen) atoms. The summed E-state index contributed by atoms with van der Waals surface area (Å²) in [4.78, 5) is 2.13. The zero-order chi connectivity index (χ0) is 15.0. The summed E-state index contributed by atoms with van der Waals surface area (Å²) in [6, 6.07) is 8.46. The fourth-order valence-corrected chi connectivity index (χ4v) is 1.88. The fourth-order valence-electron chi connectivity index (χ4n) is 1.88. The molecule has 0 aliphatic heterocycles. The first-order valence-electron chi connectivity index (χ1n) is 7.15. The van der Waals surface area contributed by atoms with Crippen molar-refractivity contribution in [2.24, 2.45) is 0 Å². The first-order chi connectivity index (χ1) is 9.46. The van der Waals surface area contributed by atoms with E-state index >= 15 is 0 Å². The molecule has 0 spiro atoms. The van der Waals surface area contributed by atoms with E-state index in [4.69, 9.17) is 9.84 Å². The van der Waals surface area contributed by atoms with Crippen LogP contribution in [0.1, 0.15) is 26.3 Å². The van der Waals surface area contributed by atoms with Gasteiger partial charge in [-0.15, -0.1) is 0 Å². The number of anilines is 1. The monoisotopic (exact) mass is 280 g/mol. The van der Waals surface area contributed by atoms with E-state index in [-0.39, 0.29) is 12.1 Å². The van der Waals surface area contributed by atoms with Crippen LogP contribution in [0.3, 0.4) is 0 Å². The van der Waals surface area contributed by atoms with E-state index in [2.05, 4.69) is 55.3 Å². The Balaban J connectivity index is 2.62. The van der Waals surface area contributed by atoms with Gasteiger partial charge in [0.25, 0.3) is 0 Å². The molecular formula is C16H28N2O2. The Hall–Kier alpha value is -1.10. The lowest BCUT2D eigenvalue weighted by atomic mass is 10.1. The van der Waals surface area contributed by atoms with Gasteiger partial charge in [-0.1, -0.05) is 12.1 Å². The van der Waals surface area contributed by atoms with Crippen LogP contribution in [0.4, 0.5) is 5.69 Å². The molecule has 0 bridgehead atoms. The molecule has 1 rings (SSSR count). The zero-order valence-corrected chi connectivity index (χ0v) is 13.1. The molecule has 1 aromatic rings. The van der Waals surface area contributed by atoms with E-state index in [1.807, 2.05) is 0 Å². The van der Waals surface area contributed by atoms with Crippen molar-refractivity contribution < 1.29 is 9.84 Å². The Morgan fingerprint density at radius 2 is 1.80 bits per heavy atom. The summed E-state index contributed by atoms with van der Waals surface area (Å²) >= 11 is 0. The summed E-state index contributed by atoms with van der Waals surface area (Å²) in [7, 11) is 1.69. The number of nitrogens with zero attached hydrogens (tertiary/aromatic N) is 1. The zero-order valence-electron chi connectivity index (χ0n) is 13.1. The fraction of sp³-hybridized carbons (Fsp3) is 0.625. The summed E-state index contributed by atoms with van der Waals surface area (Å²) in [6.07, 6.45) is 0. The molecule has 114 valence electrons. The minimum atomic E-state index is 0.125. The summed E-state index contributed by atoms with van der Waals surface area (Å²) in [5.41, 5.74) is 2.51. The molecule has 0 aromatic heterocycles. The predicted octanol–water partition coefficient (Wildman–Crippen LogP) is 2.02. The summed E-state index contributed by atoms with van der Waals surface area (Å²) < 4.78 is 5.11. The van der Waals surface area contributed by atoms with Crippen LogP contribution in [0.2, 0.25) is 0 Å². The minimum absolute atomic E-state index is 0.125. The number of rotatable bonds is 8. The number of aliphatic hydroxyl groups is 1. The largest absolute Gasteiger partial charge is 0.395 e. The molecule has 0 saturated heterocycles. The second kappa shape index (κ2) is 8.25. The number of hydrogen-bond donors (Lipinski definition) is 2. The van der Waals surface area contributed by atoms with Crippen LogP contribution in [-0.2, 0) is 11.3 Å². The van der Waals surface area contributed by atoms with Gasteiger partial charge < -0.3 is 20.1 Å². The lowest BCUT2D eigenvalue weighted by molar-refractivity contribution is 0.203.